The number of nitrogens with zero attached hydrogens (tertiary/aromatic N) is 1. The summed E-state index contributed by atoms with van der Waals surface area (Å²) in [6.45, 7) is 7.35. The van der Waals surface area contributed by atoms with Gasteiger partial charge in [0.15, 0.2) is 16.6 Å². The highest BCUT2D eigenvalue weighted by Gasteiger charge is 2.32. The van der Waals surface area contributed by atoms with Crippen molar-refractivity contribution in [3.05, 3.63) is 53.3 Å². The zero-order valence-electron chi connectivity index (χ0n) is 18.1. The summed E-state index contributed by atoms with van der Waals surface area (Å²) in [5, 5.41) is 4.08. The number of methoxy groups -OCH3 is 2. The first-order chi connectivity index (χ1) is 14.2. The first-order valence-corrected chi connectivity index (χ1v) is 10.3. The number of rotatable bonds is 5. The van der Waals surface area contributed by atoms with Gasteiger partial charge in [-0.1, -0.05) is 0 Å². The first-order valence-electron chi connectivity index (χ1n) is 9.94. The topological polar surface area (TPSA) is 43.0 Å². The van der Waals surface area contributed by atoms with Gasteiger partial charge in [0.05, 0.1) is 20.3 Å². The predicted octanol–water partition coefficient (Wildman–Crippen LogP) is 4.49. The molecule has 1 atom stereocenters. The molecule has 1 aliphatic rings. The number of benzene rings is 2. The first kappa shape index (κ1) is 22.2. The van der Waals surface area contributed by atoms with Gasteiger partial charge < -0.3 is 24.4 Å². The lowest BCUT2D eigenvalue weighted by Crippen LogP contribution is -2.52. The Morgan fingerprint density at radius 3 is 2.37 bits per heavy atom. The molecular formula is C23H29FN2O3S. The van der Waals surface area contributed by atoms with E-state index < -0.39 is 0 Å². The maximum absolute atomic E-state index is 13.2. The Morgan fingerprint density at radius 1 is 1.13 bits per heavy atom. The highest BCUT2D eigenvalue weighted by Crippen LogP contribution is 2.38. The Labute approximate surface area is 183 Å². The molecule has 0 aliphatic carbocycles. The van der Waals surface area contributed by atoms with Crippen molar-refractivity contribution in [1.82, 2.24) is 10.2 Å². The molecule has 0 aromatic heterocycles. The minimum atomic E-state index is -0.292. The van der Waals surface area contributed by atoms with E-state index in [0.29, 0.717) is 29.0 Å². The van der Waals surface area contributed by atoms with Crippen LogP contribution in [0.1, 0.15) is 37.9 Å². The van der Waals surface area contributed by atoms with Gasteiger partial charge in [-0.3, -0.25) is 0 Å². The quantitative estimate of drug-likeness (QED) is 0.702. The van der Waals surface area contributed by atoms with E-state index in [0.717, 1.165) is 18.5 Å². The molecule has 1 aliphatic heterocycles. The van der Waals surface area contributed by atoms with E-state index in [1.54, 1.807) is 26.4 Å². The zero-order valence-corrected chi connectivity index (χ0v) is 18.9. The van der Waals surface area contributed by atoms with E-state index in [2.05, 4.69) is 31.0 Å². The molecule has 0 amide bonds. The van der Waals surface area contributed by atoms with E-state index in [-0.39, 0.29) is 17.4 Å². The lowest BCUT2D eigenvalue weighted by Gasteiger charge is -2.41. The second-order valence-electron chi connectivity index (χ2n) is 8.31. The fraction of sp³-hybridized carbons (Fsp3) is 0.435. The molecule has 2 aromatic rings. The van der Waals surface area contributed by atoms with E-state index in [9.17, 15) is 4.39 Å². The average Bonchev–Trinajstić information content (AvgIpc) is 2.70. The summed E-state index contributed by atoms with van der Waals surface area (Å²) < 4.78 is 30.3. The molecule has 1 N–H and O–H groups in total. The van der Waals surface area contributed by atoms with Crippen LogP contribution in [-0.4, -0.2) is 42.9 Å². The maximum atomic E-state index is 13.2. The van der Waals surface area contributed by atoms with Gasteiger partial charge in [-0.15, -0.1) is 0 Å². The highest BCUT2D eigenvalue weighted by molar-refractivity contribution is 7.80. The van der Waals surface area contributed by atoms with Crippen molar-refractivity contribution in [2.75, 3.05) is 27.4 Å². The smallest absolute Gasteiger partial charge is 0.169 e. The number of halogens is 1. The van der Waals surface area contributed by atoms with Crippen molar-refractivity contribution in [2.45, 2.75) is 38.8 Å². The minimum absolute atomic E-state index is 0.124. The maximum Gasteiger partial charge on any atom is 0.169 e. The van der Waals surface area contributed by atoms with Gasteiger partial charge in [-0.25, -0.2) is 4.39 Å². The van der Waals surface area contributed by atoms with E-state index in [1.807, 2.05) is 12.1 Å². The lowest BCUT2D eigenvalue weighted by molar-refractivity contribution is 0.184. The fourth-order valence-corrected chi connectivity index (χ4v) is 4.07. The predicted molar refractivity (Wildman–Crippen MR) is 120 cm³/mol. The number of fused-ring (bicyclic) bond motifs is 1. The summed E-state index contributed by atoms with van der Waals surface area (Å²) in [7, 11) is 3.26. The molecule has 0 radical (unpaired) electrons. The summed E-state index contributed by atoms with van der Waals surface area (Å²) in [4.78, 5) is 2.15. The van der Waals surface area contributed by atoms with Gasteiger partial charge in [0, 0.05) is 12.1 Å². The van der Waals surface area contributed by atoms with Crippen molar-refractivity contribution < 1.29 is 18.6 Å². The van der Waals surface area contributed by atoms with Crippen molar-refractivity contribution in [2.24, 2.45) is 0 Å². The summed E-state index contributed by atoms with van der Waals surface area (Å²) in [6.07, 6.45) is 0.828. The van der Waals surface area contributed by atoms with Crippen LogP contribution in [0.2, 0.25) is 0 Å². The third-order valence-electron chi connectivity index (χ3n) is 4.97. The standard InChI is InChI=1S/C23H29FN2O3S/c1-23(2,3)25-22(30)26-11-10-15-12-20(27-4)21(28-5)13-18(15)19(26)14-29-17-8-6-16(24)7-9-17/h6-9,12-13,19H,10-11,14H2,1-5H3,(H,25,30). The molecule has 0 spiro atoms. The number of ether oxygens (including phenoxy) is 3. The van der Waals surface area contributed by atoms with Crippen molar-refractivity contribution in [3.63, 3.8) is 0 Å². The molecule has 30 heavy (non-hydrogen) atoms. The third kappa shape index (κ3) is 5.14. The van der Waals surface area contributed by atoms with Crippen LogP contribution in [0.25, 0.3) is 0 Å². The Morgan fingerprint density at radius 2 is 1.77 bits per heavy atom. The number of hydrogen-bond donors (Lipinski definition) is 1. The number of hydrogen-bond acceptors (Lipinski definition) is 4. The van der Waals surface area contributed by atoms with Crippen molar-refractivity contribution >= 4 is 17.3 Å². The zero-order chi connectivity index (χ0) is 21.9. The van der Waals surface area contributed by atoms with Gasteiger partial charge >= 0.3 is 0 Å². The van der Waals surface area contributed by atoms with Crippen molar-refractivity contribution in [1.29, 1.82) is 0 Å². The molecule has 162 valence electrons. The molecule has 0 fully saturated rings. The largest absolute Gasteiger partial charge is 0.493 e. The molecule has 7 heteroatoms. The third-order valence-corrected chi connectivity index (χ3v) is 5.30. The highest BCUT2D eigenvalue weighted by atomic mass is 32.1. The number of nitrogens with one attached hydrogen (secondary N) is 1. The van der Waals surface area contributed by atoms with E-state index in [1.165, 1.54) is 17.7 Å². The Balaban J connectivity index is 1.94. The van der Waals surface area contributed by atoms with Crippen LogP contribution >= 0.6 is 12.2 Å². The average molecular weight is 433 g/mol. The molecule has 1 unspecified atom stereocenters. The minimum Gasteiger partial charge on any atom is -0.493 e. The molecule has 0 saturated carbocycles. The second kappa shape index (κ2) is 9.08. The van der Waals surface area contributed by atoms with Crippen LogP contribution in [-0.2, 0) is 6.42 Å². The summed E-state index contributed by atoms with van der Waals surface area (Å²) in [5.74, 6) is 1.69. The van der Waals surface area contributed by atoms with Crippen molar-refractivity contribution in [3.8, 4) is 17.2 Å². The van der Waals surface area contributed by atoms with Gasteiger partial charge in [0.2, 0.25) is 0 Å². The van der Waals surface area contributed by atoms with E-state index >= 15 is 0 Å². The lowest BCUT2D eigenvalue weighted by atomic mass is 9.92. The van der Waals surface area contributed by atoms with Crippen LogP contribution in [0, 0.1) is 5.82 Å². The van der Waals surface area contributed by atoms with Gasteiger partial charge in [0.1, 0.15) is 18.2 Å². The molecule has 0 bridgehead atoms. The molecule has 5 nitrogen and oxygen atoms in total. The summed E-state index contributed by atoms with van der Waals surface area (Å²) >= 11 is 5.74. The summed E-state index contributed by atoms with van der Waals surface area (Å²) in [5.41, 5.74) is 2.10. The second-order valence-corrected chi connectivity index (χ2v) is 8.70. The fourth-order valence-electron chi connectivity index (χ4n) is 3.55. The van der Waals surface area contributed by atoms with Crippen LogP contribution in [0.5, 0.6) is 17.2 Å². The van der Waals surface area contributed by atoms with Crippen LogP contribution in [0.3, 0.4) is 0 Å². The van der Waals surface area contributed by atoms with Gasteiger partial charge in [0.25, 0.3) is 0 Å². The normalized spacial score (nSPS) is 15.9. The van der Waals surface area contributed by atoms with Crippen LogP contribution in [0.4, 0.5) is 4.39 Å². The SMILES string of the molecule is COc1cc2c(cc1OC)C(COc1ccc(F)cc1)N(C(=S)NC(C)(C)C)CC2. The molecule has 1 heterocycles. The Hall–Kier alpha value is -2.54. The monoisotopic (exact) mass is 432 g/mol. The molecule has 3 rings (SSSR count). The van der Waals surface area contributed by atoms with E-state index in [4.69, 9.17) is 26.4 Å². The Kier molecular flexibility index (Phi) is 6.71. The molecule has 2 aromatic carbocycles. The van der Waals surface area contributed by atoms with Crippen LogP contribution < -0.4 is 19.5 Å². The number of thiocarbonyl (C=S) groups is 1. The molecule has 0 saturated heterocycles. The Bertz CT molecular complexity index is 897. The molecular weight excluding hydrogens is 403 g/mol. The van der Waals surface area contributed by atoms with Gasteiger partial charge in [-0.2, -0.15) is 0 Å². The van der Waals surface area contributed by atoms with Gasteiger partial charge in [-0.05, 0) is 86.9 Å². The van der Waals surface area contributed by atoms with Crippen LogP contribution in [0.15, 0.2) is 36.4 Å². The summed E-state index contributed by atoms with van der Waals surface area (Å²) in [6, 6.07) is 9.94.